The molecule has 1 heterocycles. The van der Waals surface area contributed by atoms with E-state index in [1.807, 2.05) is 24.3 Å². The number of nitrogens with zero attached hydrogens (tertiary/aromatic N) is 2. The van der Waals surface area contributed by atoms with E-state index in [1.165, 1.54) is 5.56 Å². The van der Waals surface area contributed by atoms with E-state index in [9.17, 15) is 0 Å². The zero-order valence-corrected chi connectivity index (χ0v) is 16.8. The Morgan fingerprint density at radius 1 is 1.28 bits per heavy atom. The third-order valence-electron chi connectivity index (χ3n) is 3.88. The molecule has 0 spiro atoms. The van der Waals surface area contributed by atoms with Gasteiger partial charge in [-0.3, -0.25) is 4.90 Å². The minimum Gasteiger partial charge on any atom is -0.332 e. The van der Waals surface area contributed by atoms with Gasteiger partial charge in [0.25, 0.3) is 0 Å². The maximum absolute atomic E-state index is 6.05. The highest BCUT2D eigenvalue weighted by atomic mass is 35.5. The summed E-state index contributed by atoms with van der Waals surface area (Å²) in [4.78, 5) is 6.95. The summed E-state index contributed by atoms with van der Waals surface area (Å²) in [5.74, 6) is 0. The zero-order valence-electron chi connectivity index (χ0n) is 14.4. The van der Waals surface area contributed by atoms with Crippen LogP contribution in [0.3, 0.4) is 0 Å². The Hall–Kier alpha value is -1.56. The fourth-order valence-corrected chi connectivity index (χ4v) is 4.13. The van der Waals surface area contributed by atoms with Gasteiger partial charge >= 0.3 is 0 Å². The molecule has 2 aromatic rings. The van der Waals surface area contributed by atoms with Crippen LogP contribution >= 0.6 is 35.6 Å². The van der Waals surface area contributed by atoms with Crippen LogP contribution in [0.25, 0.3) is 0 Å². The molecule has 0 aromatic heterocycles. The van der Waals surface area contributed by atoms with Gasteiger partial charge in [0.15, 0.2) is 10.3 Å². The molecule has 1 aliphatic rings. The number of nitrogens with one attached hydrogen (secondary N) is 1. The molecule has 1 fully saturated rings. The predicted octanol–water partition coefficient (Wildman–Crippen LogP) is 5.78. The number of hydrogen-bond acceptors (Lipinski definition) is 3. The van der Waals surface area contributed by atoms with Crippen molar-refractivity contribution >= 4 is 57.2 Å². The molecule has 1 aliphatic heterocycles. The van der Waals surface area contributed by atoms with Gasteiger partial charge in [0.2, 0.25) is 0 Å². The Kier molecular flexibility index (Phi) is 5.67. The van der Waals surface area contributed by atoms with Crippen molar-refractivity contribution < 1.29 is 0 Å². The van der Waals surface area contributed by atoms with E-state index in [2.05, 4.69) is 49.2 Å². The summed E-state index contributed by atoms with van der Waals surface area (Å²) in [5, 5.41) is 5.95. The molecule has 130 valence electrons. The number of rotatable bonds is 2. The first kappa shape index (κ1) is 18.2. The van der Waals surface area contributed by atoms with Gasteiger partial charge in [0.05, 0.1) is 5.69 Å². The molecule has 1 atom stereocenters. The average molecular weight is 390 g/mol. The smallest absolute Gasteiger partial charge is 0.179 e. The zero-order chi connectivity index (χ0) is 18.0. The third kappa shape index (κ3) is 4.54. The van der Waals surface area contributed by atoms with E-state index >= 15 is 0 Å². The normalized spacial score (nSPS) is 18.6. The number of thiocarbonyl (C=S) groups is 1. The summed E-state index contributed by atoms with van der Waals surface area (Å²) in [6, 6.07) is 13.9. The number of amidine groups is 1. The molecule has 3 rings (SSSR count). The van der Waals surface area contributed by atoms with Crippen molar-refractivity contribution in [3.05, 3.63) is 58.6 Å². The molecule has 6 heteroatoms. The summed E-state index contributed by atoms with van der Waals surface area (Å²) < 4.78 is 0. The van der Waals surface area contributed by atoms with Crippen LogP contribution in [0.15, 0.2) is 47.5 Å². The predicted molar refractivity (Wildman–Crippen MR) is 114 cm³/mol. The van der Waals surface area contributed by atoms with Crippen molar-refractivity contribution in [2.45, 2.75) is 26.0 Å². The molecule has 0 aliphatic carbocycles. The van der Waals surface area contributed by atoms with Crippen molar-refractivity contribution in [2.24, 2.45) is 4.99 Å². The lowest BCUT2D eigenvalue weighted by atomic mass is 10.1. The number of hydrogen-bond donors (Lipinski definition) is 1. The van der Waals surface area contributed by atoms with Crippen LogP contribution in [0, 0.1) is 13.8 Å². The van der Waals surface area contributed by atoms with Gasteiger partial charge in [0.1, 0.15) is 0 Å². The van der Waals surface area contributed by atoms with Gasteiger partial charge in [0, 0.05) is 22.5 Å². The van der Waals surface area contributed by atoms with E-state index < -0.39 is 0 Å². The molecule has 1 saturated heterocycles. The van der Waals surface area contributed by atoms with Crippen LogP contribution in [0.2, 0.25) is 5.02 Å². The lowest BCUT2D eigenvalue weighted by Gasteiger charge is -2.20. The maximum Gasteiger partial charge on any atom is 0.179 e. The van der Waals surface area contributed by atoms with Crippen LogP contribution in [0.5, 0.6) is 0 Å². The average Bonchev–Trinajstić information content (AvgIpc) is 2.91. The lowest BCUT2D eigenvalue weighted by Crippen LogP contribution is -2.36. The van der Waals surface area contributed by atoms with Crippen LogP contribution < -0.4 is 5.32 Å². The second-order valence-electron chi connectivity index (χ2n) is 6.16. The second-order valence-corrected chi connectivity index (χ2v) is 8.39. The highest BCUT2D eigenvalue weighted by Gasteiger charge is 2.29. The topological polar surface area (TPSA) is 27.6 Å². The Labute approximate surface area is 163 Å². The summed E-state index contributed by atoms with van der Waals surface area (Å²) in [5.41, 5.74) is 4.24. The fourth-order valence-electron chi connectivity index (χ4n) is 2.57. The molecule has 0 bridgehead atoms. The Morgan fingerprint density at radius 2 is 2.08 bits per heavy atom. The highest BCUT2D eigenvalue weighted by molar-refractivity contribution is 8.14. The van der Waals surface area contributed by atoms with E-state index in [0.717, 1.165) is 28.7 Å². The van der Waals surface area contributed by atoms with Crippen molar-refractivity contribution in [3.63, 3.8) is 0 Å². The molecule has 3 nitrogen and oxygen atoms in total. The molecule has 0 saturated carbocycles. The van der Waals surface area contributed by atoms with E-state index in [-0.39, 0.29) is 0 Å². The molecule has 0 radical (unpaired) electrons. The molecule has 0 amide bonds. The maximum atomic E-state index is 6.05. The number of halogens is 1. The molecular weight excluding hydrogens is 370 g/mol. The molecule has 25 heavy (non-hydrogen) atoms. The monoisotopic (exact) mass is 389 g/mol. The standard InChI is InChI=1S/C19H20ClN3S2/c1-12-7-8-13(2)17(9-12)22-19-23(11-14(3)25-19)18(24)21-16-6-4-5-15(20)10-16/h4-10,14H,11H2,1-3H3,(H,21,24). The van der Waals surface area contributed by atoms with Crippen molar-refractivity contribution in [1.82, 2.24) is 4.90 Å². The van der Waals surface area contributed by atoms with Gasteiger partial charge in [-0.2, -0.15) is 0 Å². The van der Waals surface area contributed by atoms with Crippen LogP contribution in [0.4, 0.5) is 11.4 Å². The van der Waals surface area contributed by atoms with Gasteiger partial charge in [-0.15, -0.1) is 0 Å². The Balaban J connectivity index is 1.85. The van der Waals surface area contributed by atoms with E-state index in [0.29, 0.717) is 15.4 Å². The third-order valence-corrected chi connectivity index (χ3v) is 5.51. The molecule has 2 aromatic carbocycles. The summed E-state index contributed by atoms with van der Waals surface area (Å²) >= 11 is 13.4. The number of thioether (sulfide) groups is 1. The second kappa shape index (κ2) is 7.77. The SMILES string of the molecule is Cc1ccc(C)c(N=C2SC(C)CN2C(=S)Nc2cccc(Cl)c2)c1. The van der Waals surface area contributed by atoms with Gasteiger partial charge in [-0.1, -0.05) is 48.5 Å². The lowest BCUT2D eigenvalue weighted by molar-refractivity contribution is 0.641. The van der Waals surface area contributed by atoms with Gasteiger partial charge in [-0.05, 0) is 61.5 Å². The molecule has 1 N–H and O–H groups in total. The highest BCUT2D eigenvalue weighted by Crippen LogP contribution is 2.30. The molecular formula is C19H20ClN3S2. The summed E-state index contributed by atoms with van der Waals surface area (Å²) in [6.45, 7) is 7.18. The van der Waals surface area contributed by atoms with Crippen molar-refractivity contribution in [1.29, 1.82) is 0 Å². The minimum absolute atomic E-state index is 0.433. The van der Waals surface area contributed by atoms with Gasteiger partial charge in [-0.25, -0.2) is 4.99 Å². The minimum atomic E-state index is 0.433. The summed E-state index contributed by atoms with van der Waals surface area (Å²) in [6.07, 6.45) is 0. The molecule has 1 unspecified atom stereocenters. The van der Waals surface area contributed by atoms with Crippen LogP contribution in [-0.2, 0) is 0 Å². The van der Waals surface area contributed by atoms with Crippen molar-refractivity contribution in [3.8, 4) is 0 Å². The summed E-state index contributed by atoms with van der Waals surface area (Å²) in [7, 11) is 0. The number of anilines is 1. The van der Waals surface area contributed by atoms with E-state index in [1.54, 1.807) is 11.8 Å². The largest absolute Gasteiger partial charge is 0.332 e. The van der Waals surface area contributed by atoms with Crippen LogP contribution in [-0.4, -0.2) is 27.0 Å². The fraction of sp³-hybridized carbons (Fsp3) is 0.263. The first-order valence-corrected chi connectivity index (χ1v) is 9.75. The number of aliphatic imine (C=N–C) groups is 1. The Bertz CT molecular complexity index is 835. The number of aryl methyl sites for hydroxylation is 2. The quantitative estimate of drug-likeness (QED) is 0.659. The van der Waals surface area contributed by atoms with Crippen molar-refractivity contribution in [2.75, 3.05) is 11.9 Å². The Morgan fingerprint density at radius 3 is 2.84 bits per heavy atom. The first-order chi connectivity index (χ1) is 11.9. The first-order valence-electron chi connectivity index (χ1n) is 8.09. The van der Waals surface area contributed by atoms with Gasteiger partial charge < -0.3 is 5.32 Å². The van der Waals surface area contributed by atoms with E-state index in [4.69, 9.17) is 28.8 Å². The van der Waals surface area contributed by atoms with Crippen LogP contribution in [0.1, 0.15) is 18.1 Å². The number of benzene rings is 2.